The van der Waals surface area contributed by atoms with Crippen molar-refractivity contribution in [1.29, 1.82) is 0 Å². The van der Waals surface area contributed by atoms with E-state index in [1.54, 1.807) is 0 Å². The molecule has 0 atom stereocenters. The molecule has 10 heteroatoms. The molecule has 2 aliphatic carbocycles. The SMILES string of the molecule is C1=CC2=C(C1)c1ccc(-c3ccc(-c4c5ccccc5nc5c4ccc4cccnc45)cc3)cc1C2(c1ccccc1)c1ccccc1.O=P(c1ccccc1)(c1ccccc1)c1ccc(-c2ccc(-c3c4ccccc4nc4c3ccc3cccnc34)c3ccccc23)cc1.O=P(c1ccccc1)(c1ccccc1)c1ccc(-c2ccc(-c3c4ccccc4nc4c3ccc3cccnc34)cc2)cc1. The zero-order valence-electron chi connectivity index (χ0n) is 76.1. The Hall–Kier alpha value is -17.4. The highest BCUT2D eigenvalue weighted by Crippen LogP contribution is 2.59. The number of hydrogen-bond donors (Lipinski definition) is 0. The molecule has 8 nitrogen and oxygen atoms in total. The van der Waals surface area contributed by atoms with E-state index in [0.717, 1.165) is 192 Å². The number of para-hydroxylation sites is 3. The van der Waals surface area contributed by atoms with E-state index in [-0.39, 0.29) is 5.41 Å². The van der Waals surface area contributed by atoms with Crippen LogP contribution in [0.15, 0.2) is 516 Å². The number of benzene rings is 19. The molecule has 0 spiro atoms. The normalized spacial score (nSPS) is 12.7. The van der Waals surface area contributed by atoms with Gasteiger partial charge in [-0.3, -0.25) is 15.0 Å². The third-order valence-electron chi connectivity index (χ3n) is 28.2. The lowest BCUT2D eigenvalue weighted by Crippen LogP contribution is -2.29. The molecule has 0 aliphatic heterocycles. The lowest BCUT2D eigenvalue weighted by atomic mass is 9.66. The maximum absolute atomic E-state index is 15.0. The standard InChI is InChI=1S/C46H30N2.C44H29N2OP.C40H27N2OP/c1-3-12-34(13-4-1)46(35-14-5-2-6-15-35)40-18-9-17-36(40)37-26-25-33(29-41(37)46)30-20-22-31(23-21-30)43-38-16-7-8-19-42(38)48-45-39(43)27-24-32-11-10-28-47-44(32)45;47-48(32-13-3-1-4-14-32,33-15-5-2-6-16-33)34-24-21-30(22-25-34)35-27-28-38(37-18-8-7-17-36(35)37)42-39-19-9-10-20-41(39)46-44-40(42)26-23-31-12-11-29-45-43(31)44;43-44(32-11-3-1-4-12-32,33-13-5-2-6-14-33)34-24-21-29(22-25-34)28-17-19-30(20-18-28)38-35-15-7-8-16-37(35)42-40-36(38)26-23-31-10-9-27-41-39(31)40/h1-16,18-29H,17H2;1-29H;1-27H. The highest BCUT2D eigenvalue weighted by atomic mass is 31.2. The number of fused-ring (bicyclic) bond motifs is 15. The van der Waals surface area contributed by atoms with Crippen molar-refractivity contribution in [3.8, 4) is 66.8 Å². The second-order valence-electron chi connectivity index (χ2n) is 35.9. The largest absolute Gasteiger partial charge is 0.309 e. The van der Waals surface area contributed by atoms with Crippen LogP contribution in [-0.4, -0.2) is 29.9 Å². The smallest absolute Gasteiger partial charge is 0.171 e. The number of nitrogens with zero attached hydrogens (tertiary/aromatic N) is 6. The maximum atomic E-state index is 15.0. The molecule has 0 fully saturated rings. The van der Waals surface area contributed by atoms with Crippen LogP contribution in [0, 0.1) is 0 Å². The van der Waals surface area contributed by atoms with Crippen LogP contribution >= 0.6 is 14.3 Å². The summed E-state index contributed by atoms with van der Waals surface area (Å²) in [5.41, 5.74) is 30.0. The number of aromatic nitrogens is 6. The van der Waals surface area contributed by atoms with Crippen LogP contribution in [0.3, 0.4) is 0 Å². The molecule has 0 radical (unpaired) electrons. The Morgan fingerprint density at radius 2 is 0.529 bits per heavy atom. The van der Waals surface area contributed by atoms with Gasteiger partial charge >= 0.3 is 0 Å². The lowest BCUT2D eigenvalue weighted by molar-refractivity contribution is 0.591. The van der Waals surface area contributed by atoms with Gasteiger partial charge in [-0.2, -0.15) is 0 Å². The van der Waals surface area contributed by atoms with Crippen LogP contribution in [0.5, 0.6) is 0 Å². The Morgan fingerprint density at radius 3 is 0.943 bits per heavy atom. The monoisotopic (exact) mass is 1820 g/mol. The first-order valence-electron chi connectivity index (χ1n) is 47.4. The number of rotatable bonds is 14. The molecule has 6 heterocycles. The highest BCUT2D eigenvalue weighted by molar-refractivity contribution is 7.85. The topological polar surface area (TPSA) is 111 Å². The first-order chi connectivity index (χ1) is 69.2. The summed E-state index contributed by atoms with van der Waals surface area (Å²) in [6.07, 6.45) is 11.2. The van der Waals surface area contributed by atoms with Crippen LogP contribution in [0.25, 0.3) is 181 Å². The Morgan fingerprint density at radius 1 is 0.221 bits per heavy atom. The van der Waals surface area contributed by atoms with E-state index in [2.05, 4.69) is 320 Å². The van der Waals surface area contributed by atoms with E-state index in [4.69, 9.17) is 24.9 Å². The average molecular weight is 1830 g/mol. The van der Waals surface area contributed by atoms with E-state index >= 15 is 0 Å². The predicted octanol–water partition coefficient (Wildman–Crippen LogP) is 30.3. The van der Waals surface area contributed by atoms with Crippen molar-refractivity contribution in [2.24, 2.45) is 0 Å². The first kappa shape index (κ1) is 84.4. The maximum Gasteiger partial charge on any atom is 0.171 e. The van der Waals surface area contributed by atoms with Gasteiger partial charge in [-0.15, -0.1) is 0 Å². The van der Waals surface area contributed by atoms with Crippen molar-refractivity contribution in [3.05, 3.63) is 538 Å². The highest BCUT2D eigenvalue weighted by Gasteiger charge is 2.48. The van der Waals surface area contributed by atoms with Crippen LogP contribution in [-0.2, 0) is 14.5 Å². The van der Waals surface area contributed by atoms with Gasteiger partial charge in [-0.25, -0.2) is 15.0 Å². The number of pyridine rings is 6. The summed E-state index contributed by atoms with van der Waals surface area (Å²) >= 11 is 0. The molecular formula is C130H86N6O2P2. The van der Waals surface area contributed by atoms with Crippen LogP contribution in [0.4, 0.5) is 0 Å². The Balaban J connectivity index is 0.000000111. The average Bonchev–Trinajstić information content (AvgIpc) is 1.52. The van der Waals surface area contributed by atoms with E-state index in [1.807, 2.05) is 195 Å². The van der Waals surface area contributed by atoms with Crippen LogP contribution in [0.1, 0.15) is 28.7 Å². The van der Waals surface area contributed by atoms with Gasteiger partial charge in [0.2, 0.25) is 0 Å². The van der Waals surface area contributed by atoms with E-state index in [1.165, 1.54) is 55.7 Å². The summed E-state index contributed by atoms with van der Waals surface area (Å²) < 4.78 is 29.7. The Labute approximate surface area is 810 Å². The fourth-order valence-electron chi connectivity index (χ4n) is 21.7. The summed E-state index contributed by atoms with van der Waals surface area (Å²) in [7, 11) is -6.07. The zero-order valence-corrected chi connectivity index (χ0v) is 77.9. The molecule has 27 rings (SSSR count). The third kappa shape index (κ3) is 14.4. The molecule has 658 valence electrons. The Bertz CT molecular complexity index is 9230. The van der Waals surface area contributed by atoms with E-state index in [9.17, 15) is 9.13 Å². The molecule has 0 bridgehead atoms. The first-order valence-corrected chi connectivity index (χ1v) is 50.8. The van der Waals surface area contributed by atoms with Crippen molar-refractivity contribution in [2.45, 2.75) is 11.8 Å². The molecule has 140 heavy (non-hydrogen) atoms. The summed E-state index contributed by atoms with van der Waals surface area (Å²) in [6.45, 7) is 0. The molecule has 2 aliphatic rings. The second-order valence-corrected chi connectivity index (χ2v) is 41.4. The molecule has 19 aromatic carbocycles. The summed E-state index contributed by atoms with van der Waals surface area (Å²) in [5.74, 6) is 0. The zero-order chi connectivity index (χ0) is 93.3. The van der Waals surface area contributed by atoms with Crippen LogP contribution < -0.4 is 31.8 Å². The van der Waals surface area contributed by atoms with Gasteiger partial charge in [0.05, 0.1) is 55.1 Å². The molecule has 0 saturated carbocycles. The minimum atomic E-state index is -3.06. The summed E-state index contributed by atoms with van der Waals surface area (Å²) in [6, 6.07) is 166. The summed E-state index contributed by atoms with van der Waals surface area (Å²) in [4.78, 5) is 29.4. The molecule has 0 unspecified atom stereocenters. The molecule has 0 amide bonds. The van der Waals surface area contributed by atoms with Crippen molar-refractivity contribution in [1.82, 2.24) is 29.9 Å². The van der Waals surface area contributed by atoms with Crippen molar-refractivity contribution in [3.63, 3.8) is 0 Å². The molecule has 6 aromatic heterocycles. The van der Waals surface area contributed by atoms with Gasteiger partial charge in [0.1, 0.15) is 0 Å². The molecular weight excluding hydrogens is 1740 g/mol. The quantitative estimate of drug-likeness (QED) is 0.0601. The third-order valence-corrected chi connectivity index (χ3v) is 34.4. The van der Waals surface area contributed by atoms with Gasteiger partial charge in [0.25, 0.3) is 0 Å². The predicted molar refractivity (Wildman–Crippen MR) is 586 cm³/mol. The van der Waals surface area contributed by atoms with Gasteiger partial charge in [0.15, 0.2) is 14.3 Å². The van der Waals surface area contributed by atoms with Crippen molar-refractivity contribution < 1.29 is 9.13 Å². The molecule has 0 N–H and O–H groups in total. The summed E-state index contributed by atoms with van der Waals surface area (Å²) in [5, 5.41) is 17.2. The minimum Gasteiger partial charge on any atom is -0.309 e. The van der Waals surface area contributed by atoms with Gasteiger partial charge in [-0.05, 0) is 143 Å². The van der Waals surface area contributed by atoms with E-state index < -0.39 is 14.3 Å². The minimum absolute atomic E-state index is 0.359. The van der Waals surface area contributed by atoms with Crippen molar-refractivity contribution >= 4 is 161 Å². The van der Waals surface area contributed by atoms with Crippen molar-refractivity contribution in [2.75, 3.05) is 0 Å². The van der Waals surface area contributed by atoms with Gasteiger partial charge < -0.3 is 9.13 Å². The molecule has 0 saturated heterocycles. The van der Waals surface area contributed by atoms with E-state index in [0.29, 0.717) is 0 Å². The molecule has 25 aromatic rings. The lowest BCUT2D eigenvalue weighted by Gasteiger charge is -2.35. The van der Waals surface area contributed by atoms with Crippen LogP contribution in [0.2, 0.25) is 0 Å². The number of hydrogen-bond acceptors (Lipinski definition) is 8. The van der Waals surface area contributed by atoms with Gasteiger partial charge in [0, 0.05) is 116 Å². The Kier molecular flexibility index (Phi) is 21.3. The number of allylic oxidation sites excluding steroid dienone is 4. The second kappa shape index (κ2) is 35.4. The fraction of sp³-hybridized carbons (Fsp3) is 0.0154. The van der Waals surface area contributed by atoms with Gasteiger partial charge in [-0.1, -0.05) is 449 Å². The fourth-order valence-corrected chi connectivity index (χ4v) is 27.0.